The van der Waals surface area contributed by atoms with Crippen LogP contribution in [-0.4, -0.2) is 18.4 Å². The first kappa shape index (κ1) is 17.8. The molecule has 2 aromatic rings. The molecule has 1 aliphatic heterocycles. The van der Waals surface area contributed by atoms with Crippen molar-refractivity contribution in [1.82, 2.24) is 0 Å². The predicted molar refractivity (Wildman–Crippen MR) is 102 cm³/mol. The molecule has 0 fully saturated rings. The second-order valence-corrected chi connectivity index (χ2v) is 6.79. The van der Waals surface area contributed by atoms with Crippen molar-refractivity contribution in [2.24, 2.45) is 0 Å². The van der Waals surface area contributed by atoms with Crippen molar-refractivity contribution in [3.8, 4) is 0 Å². The summed E-state index contributed by atoms with van der Waals surface area (Å²) < 4.78 is 0. The van der Waals surface area contributed by atoms with Gasteiger partial charge in [0.15, 0.2) is 0 Å². The number of nitrogens with one attached hydrogen (secondary N) is 1. The molecular formula is C19H18Cl2N2O2. The fraction of sp³-hybridized carbons (Fsp3) is 0.263. The monoisotopic (exact) mass is 376 g/mol. The topological polar surface area (TPSA) is 49.4 Å². The third-order valence-corrected chi connectivity index (χ3v) is 4.91. The molecule has 0 saturated carbocycles. The van der Waals surface area contributed by atoms with Crippen LogP contribution in [0.2, 0.25) is 10.0 Å². The van der Waals surface area contributed by atoms with Gasteiger partial charge in [-0.3, -0.25) is 9.59 Å². The second kappa shape index (κ2) is 7.46. The molecule has 4 nitrogen and oxygen atoms in total. The number of hydrogen-bond acceptors (Lipinski definition) is 2. The van der Waals surface area contributed by atoms with Crippen molar-refractivity contribution < 1.29 is 9.59 Å². The molecule has 1 N–H and O–H groups in total. The van der Waals surface area contributed by atoms with Gasteiger partial charge >= 0.3 is 0 Å². The van der Waals surface area contributed by atoms with E-state index >= 15 is 0 Å². The summed E-state index contributed by atoms with van der Waals surface area (Å²) in [5, 5.41) is 3.62. The molecule has 130 valence electrons. The molecule has 6 heteroatoms. The van der Waals surface area contributed by atoms with Crippen LogP contribution >= 0.6 is 23.2 Å². The van der Waals surface area contributed by atoms with Crippen molar-refractivity contribution in [3.63, 3.8) is 0 Å². The number of aryl methyl sites for hydroxylation is 1. The first-order chi connectivity index (χ1) is 12.0. The molecule has 0 aromatic heterocycles. The van der Waals surface area contributed by atoms with E-state index in [-0.39, 0.29) is 11.8 Å². The Morgan fingerprint density at radius 2 is 1.92 bits per heavy atom. The zero-order valence-corrected chi connectivity index (χ0v) is 15.3. The standard InChI is InChI=1S/C19H18Cl2N2O2/c1-2-9-23-17-7-5-14(10-12(17)4-8-18(23)24)22-19(25)13-3-6-15(20)16(21)11-13/h3,5-7,10-11H,2,4,8-9H2,1H3,(H,22,25). The maximum atomic E-state index is 12.4. The number of benzene rings is 2. The van der Waals surface area contributed by atoms with Gasteiger partial charge in [-0.05, 0) is 54.8 Å². The second-order valence-electron chi connectivity index (χ2n) is 5.97. The van der Waals surface area contributed by atoms with E-state index < -0.39 is 0 Å². The average Bonchev–Trinajstić information content (AvgIpc) is 2.60. The van der Waals surface area contributed by atoms with Gasteiger partial charge in [0, 0.05) is 29.9 Å². The van der Waals surface area contributed by atoms with Crippen LogP contribution < -0.4 is 10.2 Å². The summed E-state index contributed by atoms with van der Waals surface area (Å²) in [6.07, 6.45) is 2.09. The number of hydrogen-bond donors (Lipinski definition) is 1. The van der Waals surface area contributed by atoms with Crippen molar-refractivity contribution in [3.05, 3.63) is 57.6 Å². The first-order valence-corrected chi connectivity index (χ1v) is 8.95. The quantitative estimate of drug-likeness (QED) is 0.821. The minimum atomic E-state index is -0.254. The van der Waals surface area contributed by atoms with E-state index in [9.17, 15) is 9.59 Å². The molecule has 1 aliphatic rings. The van der Waals surface area contributed by atoms with Gasteiger partial charge in [0.1, 0.15) is 0 Å². The van der Waals surface area contributed by atoms with Gasteiger partial charge in [-0.25, -0.2) is 0 Å². The Bertz CT molecular complexity index is 836. The highest BCUT2D eigenvalue weighted by Gasteiger charge is 2.23. The summed E-state index contributed by atoms with van der Waals surface area (Å²) >= 11 is 11.8. The third kappa shape index (κ3) is 3.80. The van der Waals surface area contributed by atoms with E-state index in [1.54, 1.807) is 18.2 Å². The lowest BCUT2D eigenvalue weighted by Crippen LogP contribution is -2.35. The summed E-state index contributed by atoms with van der Waals surface area (Å²) in [6.45, 7) is 2.76. The Kier molecular flexibility index (Phi) is 5.30. The van der Waals surface area contributed by atoms with Crippen LogP contribution in [0.15, 0.2) is 36.4 Å². The molecule has 0 unspecified atom stereocenters. The molecule has 3 rings (SSSR count). The molecule has 25 heavy (non-hydrogen) atoms. The van der Waals surface area contributed by atoms with Gasteiger partial charge in [0.05, 0.1) is 10.0 Å². The van der Waals surface area contributed by atoms with Crippen molar-refractivity contribution in [2.75, 3.05) is 16.8 Å². The molecule has 0 spiro atoms. The van der Waals surface area contributed by atoms with Gasteiger partial charge in [-0.1, -0.05) is 30.1 Å². The number of halogens is 2. The van der Waals surface area contributed by atoms with Crippen LogP contribution in [-0.2, 0) is 11.2 Å². The number of amides is 2. The van der Waals surface area contributed by atoms with Crippen LogP contribution in [0.25, 0.3) is 0 Å². The molecule has 0 bridgehead atoms. The molecule has 1 heterocycles. The zero-order valence-electron chi connectivity index (χ0n) is 13.8. The molecule has 0 saturated heterocycles. The molecule has 2 amide bonds. The van der Waals surface area contributed by atoms with E-state index in [0.717, 1.165) is 17.7 Å². The van der Waals surface area contributed by atoms with Gasteiger partial charge in [0.2, 0.25) is 5.91 Å². The number of carbonyl (C=O) groups excluding carboxylic acids is 2. The average molecular weight is 377 g/mol. The van der Waals surface area contributed by atoms with Gasteiger partial charge in [-0.15, -0.1) is 0 Å². The lowest BCUT2D eigenvalue weighted by Gasteiger charge is -2.29. The third-order valence-electron chi connectivity index (χ3n) is 4.17. The first-order valence-electron chi connectivity index (χ1n) is 8.19. The summed E-state index contributed by atoms with van der Waals surface area (Å²) in [5.74, 6) is -0.0993. The Labute approximate surface area is 156 Å². The highest BCUT2D eigenvalue weighted by molar-refractivity contribution is 6.42. The summed E-state index contributed by atoms with van der Waals surface area (Å²) in [4.78, 5) is 26.3. The molecule has 0 atom stereocenters. The Balaban J connectivity index is 1.81. The van der Waals surface area contributed by atoms with Crippen molar-refractivity contribution >= 4 is 46.4 Å². The fourth-order valence-electron chi connectivity index (χ4n) is 2.95. The van der Waals surface area contributed by atoms with Crippen LogP contribution in [0, 0.1) is 0 Å². The lowest BCUT2D eigenvalue weighted by molar-refractivity contribution is -0.118. The number of carbonyl (C=O) groups is 2. The SMILES string of the molecule is CCCN1C(=O)CCc2cc(NC(=O)c3ccc(Cl)c(Cl)c3)ccc21. The number of fused-ring (bicyclic) bond motifs is 1. The van der Waals surface area contributed by atoms with Gasteiger partial charge in [0.25, 0.3) is 5.91 Å². The van der Waals surface area contributed by atoms with E-state index in [4.69, 9.17) is 23.2 Å². The van der Waals surface area contributed by atoms with Crippen LogP contribution in [0.4, 0.5) is 11.4 Å². The van der Waals surface area contributed by atoms with E-state index in [2.05, 4.69) is 5.32 Å². The predicted octanol–water partition coefficient (Wildman–Crippen LogP) is 4.93. The highest BCUT2D eigenvalue weighted by Crippen LogP contribution is 2.31. The summed E-state index contributed by atoms with van der Waals surface area (Å²) in [7, 11) is 0. The van der Waals surface area contributed by atoms with Crippen LogP contribution in [0.1, 0.15) is 35.7 Å². The summed E-state index contributed by atoms with van der Waals surface area (Å²) in [5.41, 5.74) is 3.14. The number of nitrogens with zero attached hydrogens (tertiary/aromatic N) is 1. The van der Waals surface area contributed by atoms with E-state index in [1.165, 1.54) is 0 Å². The van der Waals surface area contributed by atoms with Gasteiger partial charge < -0.3 is 10.2 Å². The van der Waals surface area contributed by atoms with E-state index in [1.807, 2.05) is 30.0 Å². The summed E-state index contributed by atoms with van der Waals surface area (Å²) in [6, 6.07) is 10.4. The van der Waals surface area contributed by atoms with Crippen LogP contribution in [0.5, 0.6) is 0 Å². The lowest BCUT2D eigenvalue weighted by atomic mass is 10.00. The minimum absolute atomic E-state index is 0.155. The Morgan fingerprint density at radius 1 is 1.12 bits per heavy atom. The maximum Gasteiger partial charge on any atom is 0.255 e. The Morgan fingerprint density at radius 3 is 2.64 bits per heavy atom. The molecule has 0 radical (unpaired) electrons. The zero-order chi connectivity index (χ0) is 18.0. The fourth-order valence-corrected chi connectivity index (χ4v) is 3.25. The smallest absolute Gasteiger partial charge is 0.255 e. The minimum Gasteiger partial charge on any atom is -0.322 e. The largest absolute Gasteiger partial charge is 0.322 e. The van der Waals surface area contributed by atoms with Crippen LogP contribution in [0.3, 0.4) is 0 Å². The normalized spacial score (nSPS) is 13.6. The van der Waals surface area contributed by atoms with Gasteiger partial charge in [-0.2, -0.15) is 0 Å². The molecule has 2 aromatic carbocycles. The molecule has 0 aliphatic carbocycles. The molecular weight excluding hydrogens is 359 g/mol. The highest BCUT2D eigenvalue weighted by atomic mass is 35.5. The number of anilines is 2. The number of rotatable bonds is 4. The van der Waals surface area contributed by atoms with Crippen molar-refractivity contribution in [1.29, 1.82) is 0 Å². The van der Waals surface area contributed by atoms with Crippen molar-refractivity contribution in [2.45, 2.75) is 26.2 Å². The Hall–Kier alpha value is -2.04. The maximum absolute atomic E-state index is 12.4. The van der Waals surface area contributed by atoms with E-state index in [0.29, 0.717) is 40.7 Å².